The van der Waals surface area contributed by atoms with E-state index in [1.165, 1.54) is 12.8 Å². The molecular formula is C15H19BrO2. The molecule has 2 unspecified atom stereocenters. The number of hydrogen-bond acceptors (Lipinski definition) is 2. The lowest BCUT2D eigenvalue weighted by molar-refractivity contribution is 0.0993. The lowest BCUT2D eigenvalue weighted by atomic mass is 9.88. The Kier molecular flexibility index (Phi) is 4.44. The number of carbonyl (C=O) groups is 1. The summed E-state index contributed by atoms with van der Waals surface area (Å²) in [5.74, 6) is 1.50. The number of benzene rings is 1. The monoisotopic (exact) mass is 310 g/mol. The van der Waals surface area contributed by atoms with Crippen LogP contribution < -0.4 is 4.74 Å². The number of rotatable bonds is 3. The minimum absolute atomic E-state index is 0.0511. The van der Waals surface area contributed by atoms with Crippen molar-refractivity contribution in [1.82, 2.24) is 0 Å². The standard InChI is InChI=1S/C15H19BrO2/c1-10-4-3-5-13(8-10)18-15-7-6-12(16)9-14(15)11(2)17/h6-7,9-10,13H,3-5,8H2,1-2H3. The number of carbonyl (C=O) groups excluding carboxylic acids is 1. The second kappa shape index (κ2) is 5.87. The molecule has 0 radical (unpaired) electrons. The second-order valence-electron chi connectivity index (χ2n) is 5.21. The minimum Gasteiger partial charge on any atom is -0.490 e. The van der Waals surface area contributed by atoms with Gasteiger partial charge in [-0.3, -0.25) is 4.79 Å². The van der Waals surface area contributed by atoms with Gasteiger partial charge < -0.3 is 4.74 Å². The molecule has 1 aromatic carbocycles. The van der Waals surface area contributed by atoms with Gasteiger partial charge >= 0.3 is 0 Å². The van der Waals surface area contributed by atoms with Crippen LogP contribution in [0.4, 0.5) is 0 Å². The van der Waals surface area contributed by atoms with E-state index in [0.29, 0.717) is 5.56 Å². The molecule has 98 valence electrons. The van der Waals surface area contributed by atoms with Crippen LogP contribution >= 0.6 is 15.9 Å². The molecule has 1 saturated carbocycles. The molecular weight excluding hydrogens is 292 g/mol. The largest absolute Gasteiger partial charge is 0.490 e. The van der Waals surface area contributed by atoms with Crippen LogP contribution in [0.1, 0.15) is 49.9 Å². The van der Waals surface area contributed by atoms with Crippen LogP contribution in [0.15, 0.2) is 22.7 Å². The number of ketones is 1. The van der Waals surface area contributed by atoms with Crippen molar-refractivity contribution in [3.05, 3.63) is 28.2 Å². The van der Waals surface area contributed by atoms with E-state index < -0.39 is 0 Å². The summed E-state index contributed by atoms with van der Waals surface area (Å²) >= 11 is 3.39. The molecule has 18 heavy (non-hydrogen) atoms. The fraction of sp³-hybridized carbons (Fsp3) is 0.533. The molecule has 0 N–H and O–H groups in total. The Labute approximate surface area is 117 Å². The quantitative estimate of drug-likeness (QED) is 0.762. The molecule has 0 heterocycles. The van der Waals surface area contributed by atoms with Gasteiger partial charge in [-0.25, -0.2) is 0 Å². The van der Waals surface area contributed by atoms with Crippen molar-refractivity contribution in [2.24, 2.45) is 5.92 Å². The predicted molar refractivity (Wildman–Crippen MR) is 76.2 cm³/mol. The zero-order valence-corrected chi connectivity index (χ0v) is 12.5. The van der Waals surface area contributed by atoms with Crippen LogP contribution in [0.2, 0.25) is 0 Å². The van der Waals surface area contributed by atoms with E-state index >= 15 is 0 Å². The van der Waals surface area contributed by atoms with Gasteiger partial charge in [-0.15, -0.1) is 0 Å². The third-order valence-corrected chi connectivity index (χ3v) is 4.00. The highest BCUT2D eigenvalue weighted by atomic mass is 79.9. The molecule has 1 fully saturated rings. The van der Waals surface area contributed by atoms with Gasteiger partial charge in [0.2, 0.25) is 0 Å². The van der Waals surface area contributed by atoms with Crippen molar-refractivity contribution < 1.29 is 9.53 Å². The second-order valence-corrected chi connectivity index (χ2v) is 6.12. The van der Waals surface area contributed by atoms with Crippen LogP contribution in [0, 0.1) is 5.92 Å². The van der Waals surface area contributed by atoms with Crippen LogP contribution in [-0.4, -0.2) is 11.9 Å². The van der Waals surface area contributed by atoms with Gasteiger partial charge in [0.15, 0.2) is 5.78 Å². The zero-order valence-electron chi connectivity index (χ0n) is 10.9. The Hall–Kier alpha value is -0.830. The van der Waals surface area contributed by atoms with E-state index in [-0.39, 0.29) is 11.9 Å². The normalized spacial score (nSPS) is 23.7. The Morgan fingerprint density at radius 3 is 2.83 bits per heavy atom. The Balaban J connectivity index is 2.15. The summed E-state index contributed by atoms with van der Waals surface area (Å²) in [5.41, 5.74) is 0.669. The number of halogens is 1. The lowest BCUT2D eigenvalue weighted by Crippen LogP contribution is -2.24. The van der Waals surface area contributed by atoms with E-state index in [1.807, 2.05) is 18.2 Å². The molecule has 1 aliphatic carbocycles. The fourth-order valence-electron chi connectivity index (χ4n) is 2.55. The summed E-state index contributed by atoms with van der Waals surface area (Å²) in [6, 6.07) is 5.65. The summed E-state index contributed by atoms with van der Waals surface area (Å²) in [6.45, 7) is 3.85. The first-order valence-electron chi connectivity index (χ1n) is 6.53. The Morgan fingerprint density at radius 1 is 1.39 bits per heavy atom. The summed E-state index contributed by atoms with van der Waals surface area (Å²) in [6.07, 6.45) is 4.95. The van der Waals surface area contributed by atoms with Gasteiger partial charge in [-0.2, -0.15) is 0 Å². The summed E-state index contributed by atoms with van der Waals surface area (Å²) in [7, 11) is 0. The topological polar surface area (TPSA) is 26.3 Å². The molecule has 2 nitrogen and oxygen atoms in total. The molecule has 0 aliphatic heterocycles. The van der Waals surface area contributed by atoms with E-state index in [9.17, 15) is 4.79 Å². The zero-order chi connectivity index (χ0) is 13.1. The molecule has 0 saturated heterocycles. The Bertz CT molecular complexity index is 442. The summed E-state index contributed by atoms with van der Waals surface area (Å²) in [4.78, 5) is 11.6. The third kappa shape index (κ3) is 3.35. The van der Waals surface area contributed by atoms with Crippen molar-refractivity contribution in [2.75, 3.05) is 0 Å². The van der Waals surface area contributed by atoms with Crippen LogP contribution in [0.3, 0.4) is 0 Å². The average Bonchev–Trinajstić information content (AvgIpc) is 2.31. The van der Waals surface area contributed by atoms with Gasteiger partial charge in [-0.05, 0) is 50.3 Å². The van der Waals surface area contributed by atoms with E-state index in [4.69, 9.17) is 4.74 Å². The number of hydrogen-bond donors (Lipinski definition) is 0. The molecule has 2 atom stereocenters. The summed E-state index contributed by atoms with van der Waals surface area (Å²) < 4.78 is 6.95. The van der Waals surface area contributed by atoms with Crippen LogP contribution in [0.25, 0.3) is 0 Å². The molecule has 1 aliphatic rings. The van der Waals surface area contributed by atoms with Crippen molar-refractivity contribution in [1.29, 1.82) is 0 Å². The molecule has 0 aromatic heterocycles. The first-order valence-corrected chi connectivity index (χ1v) is 7.32. The van der Waals surface area contributed by atoms with Crippen LogP contribution in [-0.2, 0) is 0 Å². The maximum absolute atomic E-state index is 11.6. The van der Waals surface area contributed by atoms with Crippen LogP contribution in [0.5, 0.6) is 5.75 Å². The maximum atomic E-state index is 11.6. The summed E-state index contributed by atoms with van der Waals surface area (Å²) in [5, 5.41) is 0. The van der Waals surface area contributed by atoms with Gasteiger partial charge in [0.1, 0.15) is 5.75 Å². The van der Waals surface area contributed by atoms with E-state index in [0.717, 1.165) is 29.0 Å². The maximum Gasteiger partial charge on any atom is 0.163 e. The molecule has 1 aromatic rings. The first kappa shape index (κ1) is 13.6. The number of Topliss-reactive ketones (excluding diaryl/α,β-unsaturated/α-hetero) is 1. The molecule has 0 amide bonds. The first-order chi connectivity index (χ1) is 8.56. The average molecular weight is 311 g/mol. The third-order valence-electron chi connectivity index (χ3n) is 3.50. The highest BCUT2D eigenvalue weighted by Gasteiger charge is 2.21. The molecule has 3 heteroatoms. The Morgan fingerprint density at radius 2 is 2.17 bits per heavy atom. The SMILES string of the molecule is CC(=O)c1cc(Br)ccc1OC1CCCC(C)C1. The fourth-order valence-corrected chi connectivity index (χ4v) is 2.91. The van der Waals surface area contributed by atoms with Gasteiger partial charge in [0, 0.05) is 4.47 Å². The highest BCUT2D eigenvalue weighted by Crippen LogP contribution is 2.30. The smallest absolute Gasteiger partial charge is 0.163 e. The van der Waals surface area contributed by atoms with E-state index in [2.05, 4.69) is 22.9 Å². The lowest BCUT2D eigenvalue weighted by Gasteiger charge is -2.28. The van der Waals surface area contributed by atoms with E-state index in [1.54, 1.807) is 6.92 Å². The number of ether oxygens (including phenoxy) is 1. The van der Waals surface area contributed by atoms with Gasteiger partial charge in [-0.1, -0.05) is 29.3 Å². The predicted octanol–water partition coefficient (Wildman–Crippen LogP) is 4.61. The molecule has 2 rings (SSSR count). The molecule has 0 bridgehead atoms. The van der Waals surface area contributed by atoms with Crippen molar-refractivity contribution in [3.63, 3.8) is 0 Å². The van der Waals surface area contributed by atoms with Gasteiger partial charge in [0.25, 0.3) is 0 Å². The van der Waals surface area contributed by atoms with Crippen molar-refractivity contribution >= 4 is 21.7 Å². The van der Waals surface area contributed by atoms with Crippen molar-refractivity contribution in [2.45, 2.75) is 45.6 Å². The minimum atomic E-state index is 0.0511. The molecule has 0 spiro atoms. The highest BCUT2D eigenvalue weighted by molar-refractivity contribution is 9.10. The van der Waals surface area contributed by atoms with Crippen molar-refractivity contribution in [3.8, 4) is 5.75 Å². The van der Waals surface area contributed by atoms with Gasteiger partial charge in [0.05, 0.1) is 11.7 Å².